The van der Waals surface area contributed by atoms with Crippen molar-refractivity contribution in [2.24, 2.45) is 23.3 Å². The lowest BCUT2D eigenvalue weighted by molar-refractivity contribution is -0.125. The van der Waals surface area contributed by atoms with E-state index in [9.17, 15) is 19.2 Å². The quantitative estimate of drug-likeness (QED) is 0.581. The molecule has 1 aliphatic rings. The monoisotopic (exact) mass is 408 g/mol. The van der Waals surface area contributed by atoms with E-state index in [1.807, 2.05) is 0 Å². The van der Waals surface area contributed by atoms with Gasteiger partial charge in [-0.2, -0.15) is 0 Å². The van der Waals surface area contributed by atoms with Crippen molar-refractivity contribution in [1.29, 1.82) is 0 Å². The van der Waals surface area contributed by atoms with Crippen LogP contribution in [0.1, 0.15) is 46.4 Å². The topological polar surface area (TPSA) is 144 Å². The first-order valence-corrected chi connectivity index (χ1v) is 9.75. The van der Waals surface area contributed by atoms with Crippen molar-refractivity contribution in [3.05, 3.63) is 59.7 Å². The maximum Gasteiger partial charge on any atom is 0.248 e. The molecule has 4 amide bonds. The molecule has 0 saturated heterocycles. The smallest absolute Gasteiger partial charge is 0.248 e. The average molecular weight is 408 g/mol. The molecule has 8 heteroatoms. The number of amides is 4. The molecule has 3 rings (SSSR count). The Morgan fingerprint density at radius 1 is 0.600 bits per heavy atom. The van der Waals surface area contributed by atoms with E-state index in [0.29, 0.717) is 48.2 Å². The molecule has 156 valence electrons. The number of nitrogens with two attached hydrogens (primary N) is 2. The molecule has 1 saturated carbocycles. The van der Waals surface area contributed by atoms with E-state index in [4.69, 9.17) is 11.5 Å². The highest BCUT2D eigenvalue weighted by molar-refractivity contribution is 5.97. The van der Waals surface area contributed by atoms with E-state index < -0.39 is 11.8 Å². The molecule has 0 aromatic heterocycles. The lowest BCUT2D eigenvalue weighted by Gasteiger charge is -2.27. The minimum atomic E-state index is -0.520. The van der Waals surface area contributed by atoms with Crippen LogP contribution in [0, 0.1) is 11.8 Å². The van der Waals surface area contributed by atoms with Gasteiger partial charge in [0.25, 0.3) is 0 Å². The Morgan fingerprint density at radius 2 is 0.900 bits per heavy atom. The van der Waals surface area contributed by atoms with E-state index in [1.165, 1.54) is 0 Å². The second-order valence-corrected chi connectivity index (χ2v) is 7.41. The van der Waals surface area contributed by atoms with Gasteiger partial charge < -0.3 is 22.1 Å². The Morgan fingerprint density at radius 3 is 1.17 bits per heavy atom. The van der Waals surface area contributed by atoms with Gasteiger partial charge in [0, 0.05) is 34.3 Å². The molecule has 0 spiro atoms. The van der Waals surface area contributed by atoms with Crippen LogP contribution in [0.2, 0.25) is 0 Å². The van der Waals surface area contributed by atoms with Gasteiger partial charge in [-0.05, 0) is 74.2 Å². The maximum absolute atomic E-state index is 12.5. The summed E-state index contributed by atoms with van der Waals surface area (Å²) in [5.74, 6) is -1.56. The third-order valence-corrected chi connectivity index (χ3v) is 5.34. The predicted molar refractivity (Wildman–Crippen MR) is 113 cm³/mol. The van der Waals surface area contributed by atoms with Crippen molar-refractivity contribution in [1.82, 2.24) is 0 Å². The van der Waals surface area contributed by atoms with E-state index in [-0.39, 0.29) is 23.7 Å². The third kappa shape index (κ3) is 5.22. The summed E-state index contributed by atoms with van der Waals surface area (Å²) in [6.45, 7) is 0. The molecule has 0 unspecified atom stereocenters. The summed E-state index contributed by atoms with van der Waals surface area (Å²) in [5.41, 5.74) is 12.4. The zero-order chi connectivity index (χ0) is 21.7. The number of primary amides is 2. The van der Waals surface area contributed by atoms with Gasteiger partial charge in [-0.3, -0.25) is 19.2 Å². The van der Waals surface area contributed by atoms with E-state index >= 15 is 0 Å². The summed E-state index contributed by atoms with van der Waals surface area (Å²) in [5, 5.41) is 5.69. The Hall–Kier alpha value is -3.68. The summed E-state index contributed by atoms with van der Waals surface area (Å²) in [7, 11) is 0. The highest BCUT2D eigenvalue weighted by Crippen LogP contribution is 2.30. The molecule has 30 heavy (non-hydrogen) atoms. The van der Waals surface area contributed by atoms with Crippen molar-refractivity contribution < 1.29 is 19.2 Å². The average Bonchev–Trinajstić information content (AvgIpc) is 2.74. The van der Waals surface area contributed by atoms with Crippen molar-refractivity contribution >= 4 is 35.0 Å². The van der Waals surface area contributed by atoms with Gasteiger partial charge >= 0.3 is 0 Å². The van der Waals surface area contributed by atoms with Gasteiger partial charge in [-0.15, -0.1) is 0 Å². The largest absolute Gasteiger partial charge is 0.366 e. The van der Waals surface area contributed by atoms with E-state index in [2.05, 4.69) is 10.6 Å². The Kier molecular flexibility index (Phi) is 6.46. The number of carbonyl (C=O) groups is 4. The number of hydrogen-bond acceptors (Lipinski definition) is 4. The number of nitrogens with one attached hydrogen (secondary N) is 2. The highest BCUT2D eigenvalue weighted by atomic mass is 16.2. The predicted octanol–water partition coefficient (Wildman–Crippen LogP) is 2.27. The molecule has 0 atom stereocenters. The third-order valence-electron chi connectivity index (χ3n) is 5.34. The van der Waals surface area contributed by atoms with E-state index in [1.54, 1.807) is 48.5 Å². The summed E-state index contributed by atoms with van der Waals surface area (Å²) in [6.07, 6.45) is 2.46. The number of hydrogen-bond donors (Lipinski definition) is 4. The molecule has 8 nitrogen and oxygen atoms in total. The molecule has 2 aromatic carbocycles. The Balaban J connectivity index is 1.48. The van der Waals surface area contributed by atoms with Crippen LogP contribution in [0.15, 0.2) is 48.5 Å². The molecule has 1 fully saturated rings. The van der Waals surface area contributed by atoms with Gasteiger partial charge in [0.05, 0.1) is 0 Å². The zero-order valence-electron chi connectivity index (χ0n) is 16.4. The summed E-state index contributed by atoms with van der Waals surface area (Å²) in [4.78, 5) is 47.2. The minimum absolute atomic E-state index is 0.0947. The second-order valence-electron chi connectivity index (χ2n) is 7.41. The van der Waals surface area contributed by atoms with Crippen LogP contribution in [0.3, 0.4) is 0 Å². The van der Waals surface area contributed by atoms with Crippen LogP contribution in [0.25, 0.3) is 0 Å². The number of anilines is 2. The van der Waals surface area contributed by atoms with Crippen molar-refractivity contribution in [3.8, 4) is 0 Å². The van der Waals surface area contributed by atoms with Crippen molar-refractivity contribution in [2.45, 2.75) is 25.7 Å². The van der Waals surface area contributed by atoms with Crippen LogP contribution >= 0.6 is 0 Å². The van der Waals surface area contributed by atoms with Gasteiger partial charge in [0.2, 0.25) is 23.6 Å². The molecule has 0 bridgehead atoms. The normalized spacial score (nSPS) is 18.3. The van der Waals surface area contributed by atoms with Gasteiger partial charge in [-0.25, -0.2) is 0 Å². The van der Waals surface area contributed by atoms with Crippen LogP contribution < -0.4 is 22.1 Å². The molecule has 0 radical (unpaired) electrons. The summed E-state index contributed by atoms with van der Waals surface area (Å²) >= 11 is 0. The molecular formula is C22H24N4O4. The van der Waals surface area contributed by atoms with Crippen LogP contribution in [-0.4, -0.2) is 23.6 Å². The van der Waals surface area contributed by atoms with Crippen LogP contribution in [0.4, 0.5) is 11.4 Å². The lowest BCUT2D eigenvalue weighted by atomic mass is 9.81. The fourth-order valence-corrected chi connectivity index (χ4v) is 3.54. The number of carbonyl (C=O) groups excluding carboxylic acids is 4. The maximum atomic E-state index is 12.5. The van der Waals surface area contributed by atoms with E-state index in [0.717, 1.165) is 0 Å². The zero-order valence-corrected chi connectivity index (χ0v) is 16.4. The first kappa shape index (κ1) is 21.0. The van der Waals surface area contributed by atoms with Crippen molar-refractivity contribution in [2.75, 3.05) is 10.6 Å². The highest BCUT2D eigenvalue weighted by Gasteiger charge is 2.30. The minimum Gasteiger partial charge on any atom is -0.366 e. The molecule has 0 aliphatic heterocycles. The van der Waals surface area contributed by atoms with Gasteiger partial charge in [0.15, 0.2) is 0 Å². The Labute approximate surface area is 174 Å². The summed E-state index contributed by atoms with van der Waals surface area (Å²) < 4.78 is 0. The Bertz CT molecular complexity index is 867. The first-order chi connectivity index (χ1) is 14.3. The molecule has 0 heterocycles. The van der Waals surface area contributed by atoms with Crippen molar-refractivity contribution in [3.63, 3.8) is 0 Å². The summed E-state index contributed by atoms with van der Waals surface area (Å²) in [6, 6.07) is 12.8. The molecule has 6 N–H and O–H groups in total. The SMILES string of the molecule is NC(=O)c1ccc(NC(=O)C2CCC(C(=O)Nc3ccc(C(N)=O)cc3)CC2)cc1. The molecular weight excluding hydrogens is 384 g/mol. The second kappa shape index (κ2) is 9.21. The molecule has 2 aromatic rings. The number of benzene rings is 2. The lowest BCUT2D eigenvalue weighted by Crippen LogP contribution is -2.32. The fraction of sp³-hybridized carbons (Fsp3) is 0.273. The first-order valence-electron chi connectivity index (χ1n) is 9.75. The standard InChI is InChI=1S/C22H24N4O4/c23-19(27)13-5-9-17(10-6-13)25-21(29)15-1-2-16(4-3-15)22(30)26-18-11-7-14(8-12-18)20(24)28/h5-12,15-16H,1-4H2,(H2,23,27)(H2,24,28)(H,25,29)(H,26,30). The van der Waals surface area contributed by atoms with Gasteiger partial charge in [-0.1, -0.05) is 0 Å². The fourth-order valence-electron chi connectivity index (χ4n) is 3.54. The van der Waals surface area contributed by atoms with Crippen LogP contribution in [0.5, 0.6) is 0 Å². The van der Waals surface area contributed by atoms with Gasteiger partial charge in [0.1, 0.15) is 0 Å². The number of rotatable bonds is 6. The van der Waals surface area contributed by atoms with Crippen LogP contribution in [-0.2, 0) is 9.59 Å². The molecule has 1 aliphatic carbocycles.